The first kappa shape index (κ1) is 17.8. The maximum absolute atomic E-state index is 12.7. The highest BCUT2D eigenvalue weighted by atomic mass is 32.2. The van der Waals surface area contributed by atoms with Gasteiger partial charge in [0, 0.05) is 12.0 Å². The third-order valence-electron chi connectivity index (χ3n) is 3.69. The summed E-state index contributed by atoms with van der Waals surface area (Å²) in [4.78, 5) is 31.5. The summed E-state index contributed by atoms with van der Waals surface area (Å²) in [7, 11) is 1.59. The van der Waals surface area contributed by atoms with Gasteiger partial charge < -0.3 is 4.74 Å². The van der Waals surface area contributed by atoms with Crippen molar-refractivity contribution in [2.45, 2.75) is 18.6 Å². The Hall–Kier alpha value is -1.96. The van der Waals surface area contributed by atoms with Gasteiger partial charge in [0.2, 0.25) is 0 Å². The zero-order chi connectivity index (χ0) is 17.8. The second-order valence-electron chi connectivity index (χ2n) is 5.48. The number of carbonyl (C=O) groups excluding carboxylic acids is 1. The van der Waals surface area contributed by atoms with Gasteiger partial charge >= 0.3 is 0 Å². The maximum Gasteiger partial charge on any atom is 0.262 e. The first-order valence-corrected chi connectivity index (χ1v) is 9.61. The van der Waals surface area contributed by atoms with Gasteiger partial charge in [0.15, 0.2) is 10.9 Å². The Morgan fingerprint density at radius 2 is 2.08 bits per heavy atom. The Bertz CT molecular complexity index is 962. The number of rotatable bonds is 7. The van der Waals surface area contributed by atoms with Gasteiger partial charge in [-0.25, -0.2) is 4.98 Å². The van der Waals surface area contributed by atoms with E-state index in [1.165, 1.54) is 23.1 Å². The fourth-order valence-electron chi connectivity index (χ4n) is 2.42. The van der Waals surface area contributed by atoms with Crippen molar-refractivity contribution in [2.75, 3.05) is 19.5 Å². The first-order valence-electron chi connectivity index (χ1n) is 7.81. The highest BCUT2D eigenvalue weighted by Crippen LogP contribution is 2.22. The number of hydrogen-bond donors (Lipinski definition) is 0. The molecule has 25 heavy (non-hydrogen) atoms. The van der Waals surface area contributed by atoms with E-state index in [0.29, 0.717) is 29.2 Å². The van der Waals surface area contributed by atoms with E-state index < -0.39 is 0 Å². The molecule has 2 aromatic heterocycles. The van der Waals surface area contributed by atoms with Gasteiger partial charge in [-0.3, -0.25) is 14.2 Å². The Morgan fingerprint density at radius 3 is 2.80 bits per heavy atom. The predicted octanol–water partition coefficient (Wildman–Crippen LogP) is 3.39. The number of nitrogens with zero attached hydrogens (tertiary/aromatic N) is 2. The Balaban J connectivity index is 1.90. The molecule has 3 aromatic rings. The van der Waals surface area contributed by atoms with Gasteiger partial charge in [-0.15, -0.1) is 11.3 Å². The van der Waals surface area contributed by atoms with Crippen LogP contribution in [0.4, 0.5) is 0 Å². The largest absolute Gasteiger partial charge is 0.383 e. The van der Waals surface area contributed by atoms with E-state index in [2.05, 4.69) is 4.98 Å². The van der Waals surface area contributed by atoms with Crippen molar-refractivity contribution in [1.82, 2.24) is 9.55 Å². The zero-order valence-corrected chi connectivity index (χ0v) is 15.7. The van der Waals surface area contributed by atoms with Crippen LogP contribution in [0.3, 0.4) is 0 Å². The van der Waals surface area contributed by atoms with Gasteiger partial charge in [0.05, 0.1) is 34.7 Å². The topological polar surface area (TPSA) is 61.2 Å². The Labute approximate surface area is 153 Å². The molecule has 0 radical (unpaired) electrons. The summed E-state index contributed by atoms with van der Waals surface area (Å²) in [5.74, 6) is 0.293. The van der Waals surface area contributed by atoms with Crippen LogP contribution < -0.4 is 5.56 Å². The van der Waals surface area contributed by atoms with Crippen molar-refractivity contribution in [2.24, 2.45) is 0 Å². The fraction of sp³-hybridized carbons (Fsp3) is 0.278. The number of aryl methyl sites for hydroxylation is 1. The normalized spacial score (nSPS) is 11.1. The molecule has 0 aliphatic rings. The van der Waals surface area contributed by atoms with Gasteiger partial charge in [0.25, 0.3) is 5.56 Å². The molecule has 1 aromatic carbocycles. The molecule has 0 bridgehead atoms. The number of ketones is 1. The van der Waals surface area contributed by atoms with Crippen molar-refractivity contribution in [3.8, 4) is 0 Å². The van der Waals surface area contributed by atoms with Crippen LogP contribution in [0.15, 0.2) is 46.3 Å². The third-order valence-corrected chi connectivity index (χ3v) is 5.71. The molecular weight excluding hydrogens is 356 g/mol. The number of thioether (sulfide) groups is 1. The molecule has 3 rings (SSSR count). The monoisotopic (exact) mass is 374 g/mol. The second kappa shape index (κ2) is 7.95. The second-order valence-corrected chi connectivity index (χ2v) is 7.71. The van der Waals surface area contributed by atoms with Crippen molar-refractivity contribution < 1.29 is 9.53 Å². The van der Waals surface area contributed by atoms with Gasteiger partial charge in [-0.2, -0.15) is 0 Å². The molecule has 5 nitrogen and oxygen atoms in total. The van der Waals surface area contributed by atoms with Crippen LogP contribution in [0.25, 0.3) is 10.9 Å². The van der Waals surface area contributed by atoms with Crippen molar-refractivity contribution >= 4 is 39.8 Å². The summed E-state index contributed by atoms with van der Waals surface area (Å²) in [6, 6.07) is 11.0. The third kappa shape index (κ3) is 4.00. The number of benzene rings is 1. The minimum Gasteiger partial charge on any atom is -0.383 e. The van der Waals surface area contributed by atoms with E-state index >= 15 is 0 Å². The Kier molecular flexibility index (Phi) is 5.67. The summed E-state index contributed by atoms with van der Waals surface area (Å²) < 4.78 is 6.69. The van der Waals surface area contributed by atoms with E-state index in [4.69, 9.17) is 4.74 Å². The molecule has 0 amide bonds. The number of hydrogen-bond acceptors (Lipinski definition) is 6. The SMILES string of the molecule is COCCn1c(SCC(=O)c2ccc(C)s2)nc2ccccc2c1=O. The number of Topliss-reactive ketones (excluding diaryl/α,β-unsaturated/α-hetero) is 1. The number of para-hydroxylation sites is 1. The first-order chi connectivity index (χ1) is 12.1. The highest BCUT2D eigenvalue weighted by Gasteiger charge is 2.14. The molecule has 0 fully saturated rings. The van der Waals surface area contributed by atoms with Crippen LogP contribution >= 0.6 is 23.1 Å². The molecule has 0 aliphatic carbocycles. The number of fused-ring (bicyclic) bond motifs is 1. The Morgan fingerprint density at radius 1 is 1.28 bits per heavy atom. The quantitative estimate of drug-likeness (QED) is 0.360. The summed E-state index contributed by atoms with van der Waals surface area (Å²) >= 11 is 2.78. The van der Waals surface area contributed by atoms with Crippen LogP contribution in [0.5, 0.6) is 0 Å². The lowest BCUT2D eigenvalue weighted by molar-refractivity contribution is 0.102. The van der Waals surface area contributed by atoms with E-state index in [9.17, 15) is 9.59 Å². The molecule has 0 atom stereocenters. The van der Waals surface area contributed by atoms with Crippen LogP contribution in [0.1, 0.15) is 14.5 Å². The van der Waals surface area contributed by atoms with E-state index in [1.54, 1.807) is 17.7 Å². The van der Waals surface area contributed by atoms with Crippen molar-refractivity contribution in [3.63, 3.8) is 0 Å². The molecule has 0 unspecified atom stereocenters. The predicted molar refractivity (Wildman–Crippen MR) is 102 cm³/mol. The standard InChI is InChI=1S/C18H18N2O3S2/c1-12-7-8-16(25-12)15(21)11-24-18-19-14-6-4-3-5-13(14)17(22)20(18)9-10-23-2/h3-8H,9-11H2,1-2H3. The fourth-order valence-corrected chi connectivity index (χ4v) is 4.23. The van der Waals surface area contributed by atoms with E-state index in [0.717, 1.165) is 9.75 Å². The molecule has 0 aliphatic heterocycles. The number of carbonyl (C=O) groups is 1. The molecule has 0 saturated carbocycles. The molecule has 130 valence electrons. The summed E-state index contributed by atoms with van der Waals surface area (Å²) in [6.07, 6.45) is 0. The smallest absolute Gasteiger partial charge is 0.262 e. The minimum absolute atomic E-state index is 0.0452. The van der Waals surface area contributed by atoms with Crippen LogP contribution in [-0.4, -0.2) is 34.8 Å². The van der Waals surface area contributed by atoms with E-state index in [1.807, 2.05) is 37.3 Å². The lowest BCUT2D eigenvalue weighted by atomic mass is 10.2. The number of aromatic nitrogens is 2. The molecule has 0 spiro atoms. The zero-order valence-electron chi connectivity index (χ0n) is 14.0. The lowest BCUT2D eigenvalue weighted by Crippen LogP contribution is -2.25. The number of ether oxygens (including phenoxy) is 1. The molecular formula is C18H18N2O3S2. The average Bonchev–Trinajstić information content (AvgIpc) is 3.05. The van der Waals surface area contributed by atoms with Gasteiger partial charge in [-0.1, -0.05) is 23.9 Å². The van der Waals surface area contributed by atoms with Gasteiger partial charge in [-0.05, 0) is 31.2 Å². The highest BCUT2D eigenvalue weighted by molar-refractivity contribution is 7.99. The van der Waals surface area contributed by atoms with Crippen LogP contribution in [0, 0.1) is 6.92 Å². The molecule has 2 heterocycles. The average molecular weight is 374 g/mol. The summed E-state index contributed by atoms with van der Waals surface area (Å²) in [5.41, 5.74) is 0.535. The van der Waals surface area contributed by atoms with Crippen LogP contribution in [-0.2, 0) is 11.3 Å². The molecule has 7 heteroatoms. The molecule has 0 saturated heterocycles. The van der Waals surface area contributed by atoms with Crippen molar-refractivity contribution in [3.05, 3.63) is 56.5 Å². The van der Waals surface area contributed by atoms with Crippen LogP contribution in [0.2, 0.25) is 0 Å². The van der Waals surface area contributed by atoms with Crippen molar-refractivity contribution in [1.29, 1.82) is 0 Å². The number of methoxy groups -OCH3 is 1. The van der Waals surface area contributed by atoms with E-state index in [-0.39, 0.29) is 17.1 Å². The molecule has 0 N–H and O–H groups in total. The van der Waals surface area contributed by atoms with Gasteiger partial charge in [0.1, 0.15) is 0 Å². The maximum atomic E-state index is 12.7. The number of thiophene rings is 1. The lowest BCUT2D eigenvalue weighted by Gasteiger charge is -2.12. The summed E-state index contributed by atoms with van der Waals surface area (Å²) in [5, 5.41) is 1.12. The minimum atomic E-state index is -0.107. The summed E-state index contributed by atoms with van der Waals surface area (Å²) in [6.45, 7) is 2.79.